The number of benzene rings is 1. The molecule has 1 saturated heterocycles. The summed E-state index contributed by atoms with van der Waals surface area (Å²) in [4.78, 5) is 16.2. The van der Waals surface area contributed by atoms with Gasteiger partial charge in [-0.3, -0.25) is 4.79 Å². The molecule has 0 unspecified atom stereocenters. The largest absolute Gasteiger partial charge is 0.383 e. The van der Waals surface area contributed by atoms with Gasteiger partial charge in [-0.25, -0.2) is 0 Å². The molecule has 4 nitrogen and oxygen atoms in total. The summed E-state index contributed by atoms with van der Waals surface area (Å²) in [6, 6.07) is 7.58. The maximum absolute atomic E-state index is 12.0. The summed E-state index contributed by atoms with van der Waals surface area (Å²) >= 11 is 6.04. The number of carbonyl (C=O) groups excluding carboxylic acids is 1. The second-order valence-electron chi connectivity index (χ2n) is 4.84. The molecule has 0 saturated carbocycles. The van der Waals surface area contributed by atoms with E-state index in [-0.39, 0.29) is 5.91 Å². The SMILES string of the molecule is CN1CCN(C(=O)CCNc2ccccc2Cl)CC1. The van der Waals surface area contributed by atoms with E-state index in [2.05, 4.69) is 17.3 Å². The van der Waals surface area contributed by atoms with Gasteiger partial charge in [-0.15, -0.1) is 0 Å². The standard InChI is InChI=1S/C14H20ClN3O/c1-17-8-10-18(11-9-17)14(19)6-7-16-13-5-3-2-4-12(13)15/h2-5,16H,6-11H2,1H3. The van der Waals surface area contributed by atoms with E-state index >= 15 is 0 Å². The van der Waals surface area contributed by atoms with Crippen molar-refractivity contribution in [2.75, 3.05) is 45.1 Å². The number of piperazine rings is 1. The van der Waals surface area contributed by atoms with Crippen molar-refractivity contribution in [1.29, 1.82) is 0 Å². The molecule has 1 aromatic carbocycles. The molecule has 1 aromatic rings. The van der Waals surface area contributed by atoms with Crippen molar-refractivity contribution in [1.82, 2.24) is 9.80 Å². The zero-order valence-electron chi connectivity index (χ0n) is 11.2. The molecule has 0 aliphatic carbocycles. The minimum Gasteiger partial charge on any atom is -0.383 e. The maximum atomic E-state index is 12.0. The van der Waals surface area contributed by atoms with E-state index < -0.39 is 0 Å². The third-order valence-corrected chi connectivity index (χ3v) is 3.71. The minimum atomic E-state index is 0.215. The molecule has 104 valence electrons. The first-order chi connectivity index (χ1) is 9.16. The predicted molar refractivity (Wildman–Crippen MR) is 78.6 cm³/mol. The number of nitrogens with one attached hydrogen (secondary N) is 1. The van der Waals surface area contributed by atoms with Gasteiger partial charge in [0.1, 0.15) is 0 Å². The van der Waals surface area contributed by atoms with Crippen LogP contribution in [0.3, 0.4) is 0 Å². The Balaban J connectivity index is 1.74. The maximum Gasteiger partial charge on any atom is 0.224 e. The van der Waals surface area contributed by atoms with Crippen LogP contribution in [0.5, 0.6) is 0 Å². The smallest absolute Gasteiger partial charge is 0.224 e. The first-order valence-corrected chi connectivity index (χ1v) is 6.99. The van der Waals surface area contributed by atoms with Crippen LogP contribution in [0.15, 0.2) is 24.3 Å². The number of amides is 1. The van der Waals surface area contributed by atoms with Gasteiger partial charge < -0.3 is 15.1 Å². The highest BCUT2D eigenvalue weighted by molar-refractivity contribution is 6.33. The molecule has 1 amide bonds. The third-order valence-electron chi connectivity index (χ3n) is 3.38. The number of halogens is 1. The Kier molecular flexibility index (Phi) is 5.05. The van der Waals surface area contributed by atoms with Gasteiger partial charge in [0.2, 0.25) is 5.91 Å². The van der Waals surface area contributed by atoms with Crippen LogP contribution in [-0.4, -0.2) is 55.5 Å². The minimum absolute atomic E-state index is 0.215. The molecule has 0 radical (unpaired) electrons. The number of hydrogen-bond donors (Lipinski definition) is 1. The van der Waals surface area contributed by atoms with Gasteiger partial charge in [-0.1, -0.05) is 23.7 Å². The number of para-hydroxylation sites is 1. The van der Waals surface area contributed by atoms with E-state index in [9.17, 15) is 4.79 Å². The van der Waals surface area contributed by atoms with Gasteiger partial charge in [-0.05, 0) is 19.2 Å². The van der Waals surface area contributed by atoms with Crippen LogP contribution >= 0.6 is 11.6 Å². The highest BCUT2D eigenvalue weighted by atomic mass is 35.5. The monoisotopic (exact) mass is 281 g/mol. The van der Waals surface area contributed by atoms with Crippen LogP contribution in [0.25, 0.3) is 0 Å². The van der Waals surface area contributed by atoms with E-state index in [1.54, 1.807) is 0 Å². The second kappa shape index (κ2) is 6.78. The summed E-state index contributed by atoms with van der Waals surface area (Å²) in [5.74, 6) is 0.215. The lowest BCUT2D eigenvalue weighted by Crippen LogP contribution is -2.47. The Labute approximate surface area is 119 Å². The summed E-state index contributed by atoms with van der Waals surface area (Å²) in [5, 5.41) is 3.89. The fourth-order valence-corrected chi connectivity index (χ4v) is 2.33. The van der Waals surface area contributed by atoms with Crippen LogP contribution < -0.4 is 5.32 Å². The van der Waals surface area contributed by atoms with E-state index in [4.69, 9.17) is 11.6 Å². The topological polar surface area (TPSA) is 35.6 Å². The van der Waals surface area contributed by atoms with E-state index in [0.29, 0.717) is 18.0 Å². The van der Waals surface area contributed by atoms with Crippen LogP contribution in [0.2, 0.25) is 5.02 Å². The first kappa shape index (κ1) is 14.2. The van der Waals surface area contributed by atoms with Crippen LogP contribution in [0, 0.1) is 0 Å². The number of likely N-dealkylation sites (N-methyl/N-ethyl adjacent to an activating group) is 1. The molecule has 1 fully saturated rings. The molecule has 1 aliphatic rings. The number of carbonyl (C=O) groups is 1. The third kappa shape index (κ3) is 4.11. The fraction of sp³-hybridized carbons (Fsp3) is 0.500. The van der Waals surface area contributed by atoms with Gasteiger partial charge in [0.15, 0.2) is 0 Å². The molecule has 19 heavy (non-hydrogen) atoms. The van der Waals surface area contributed by atoms with Crippen molar-refractivity contribution in [3.8, 4) is 0 Å². The van der Waals surface area contributed by atoms with Crippen molar-refractivity contribution in [2.24, 2.45) is 0 Å². The fourth-order valence-electron chi connectivity index (χ4n) is 2.12. The number of nitrogens with zero attached hydrogens (tertiary/aromatic N) is 2. The molecule has 0 atom stereocenters. The zero-order valence-corrected chi connectivity index (χ0v) is 12.0. The van der Waals surface area contributed by atoms with Crippen LogP contribution in [0.1, 0.15) is 6.42 Å². The molecule has 1 N–H and O–H groups in total. The highest BCUT2D eigenvalue weighted by Crippen LogP contribution is 2.20. The average molecular weight is 282 g/mol. The Morgan fingerprint density at radius 1 is 1.26 bits per heavy atom. The van der Waals surface area contributed by atoms with Gasteiger partial charge in [-0.2, -0.15) is 0 Å². The van der Waals surface area contributed by atoms with Crippen molar-refractivity contribution in [3.05, 3.63) is 29.3 Å². The van der Waals surface area contributed by atoms with Crippen molar-refractivity contribution in [3.63, 3.8) is 0 Å². The van der Waals surface area contributed by atoms with Crippen molar-refractivity contribution in [2.45, 2.75) is 6.42 Å². The van der Waals surface area contributed by atoms with Crippen LogP contribution in [-0.2, 0) is 4.79 Å². The lowest BCUT2D eigenvalue weighted by Gasteiger charge is -2.32. The Morgan fingerprint density at radius 2 is 1.95 bits per heavy atom. The second-order valence-corrected chi connectivity index (χ2v) is 5.25. The average Bonchev–Trinajstić information content (AvgIpc) is 2.41. The van der Waals surface area contributed by atoms with E-state index in [0.717, 1.165) is 31.9 Å². The van der Waals surface area contributed by atoms with Crippen molar-refractivity contribution >= 4 is 23.2 Å². The zero-order chi connectivity index (χ0) is 13.7. The molecular formula is C14H20ClN3O. The summed E-state index contributed by atoms with van der Waals surface area (Å²) in [7, 11) is 2.08. The highest BCUT2D eigenvalue weighted by Gasteiger charge is 2.18. The lowest BCUT2D eigenvalue weighted by atomic mass is 10.2. The molecule has 0 aromatic heterocycles. The van der Waals surface area contributed by atoms with Crippen molar-refractivity contribution < 1.29 is 4.79 Å². The summed E-state index contributed by atoms with van der Waals surface area (Å²) < 4.78 is 0. The van der Waals surface area contributed by atoms with Gasteiger partial charge in [0.05, 0.1) is 10.7 Å². The van der Waals surface area contributed by atoms with Gasteiger partial charge in [0, 0.05) is 39.1 Å². The Bertz CT molecular complexity index is 430. The molecule has 2 rings (SSSR count). The molecule has 0 bridgehead atoms. The number of rotatable bonds is 4. The molecule has 1 heterocycles. The number of anilines is 1. The summed E-state index contributed by atoms with van der Waals surface area (Å²) in [5.41, 5.74) is 0.885. The lowest BCUT2D eigenvalue weighted by molar-refractivity contribution is -0.132. The quantitative estimate of drug-likeness (QED) is 0.916. The van der Waals surface area contributed by atoms with Gasteiger partial charge in [0.25, 0.3) is 0 Å². The summed E-state index contributed by atoms with van der Waals surface area (Å²) in [6.07, 6.45) is 0.509. The molecular weight excluding hydrogens is 262 g/mol. The Morgan fingerprint density at radius 3 is 2.63 bits per heavy atom. The first-order valence-electron chi connectivity index (χ1n) is 6.61. The molecule has 5 heteroatoms. The normalized spacial score (nSPS) is 16.4. The predicted octanol–water partition coefficient (Wildman–Crippen LogP) is 1.92. The summed E-state index contributed by atoms with van der Waals surface area (Å²) in [6.45, 7) is 4.21. The van der Waals surface area contributed by atoms with Gasteiger partial charge >= 0.3 is 0 Å². The molecule has 1 aliphatic heterocycles. The Hall–Kier alpha value is -1.26. The molecule has 0 spiro atoms. The number of hydrogen-bond acceptors (Lipinski definition) is 3. The van der Waals surface area contributed by atoms with Crippen LogP contribution in [0.4, 0.5) is 5.69 Å². The van der Waals surface area contributed by atoms with E-state index in [1.165, 1.54) is 0 Å². The van der Waals surface area contributed by atoms with E-state index in [1.807, 2.05) is 29.2 Å².